The van der Waals surface area contributed by atoms with Gasteiger partial charge in [0.1, 0.15) is 5.75 Å². The lowest BCUT2D eigenvalue weighted by molar-refractivity contribution is -0.127. The summed E-state index contributed by atoms with van der Waals surface area (Å²) in [6.45, 7) is 5.09. The van der Waals surface area contributed by atoms with Crippen LogP contribution in [0.15, 0.2) is 36.4 Å². The zero-order valence-electron chi connectivity index (χ0n) is 23.0. The van der Waals surface area contributed by atoms with Gasteiger partial charge in [0.05, 0.1) is 26.7 Å². The molecule has 2 aliphatic heterocycles. The highest BCUT2D eigenvalue weighted by Gasteiger charge is 2.32. The number of piperidine rings is 1. The third-order valence-corrected chi connectivity index (χ3v) is 8.02. The normalized spacial score (nSPS) is 20.9. The second-order valence-electron chi connectivity index (χ2n) is 10.8. The predicted octanol–water partition coefficient (Wildman–Crippen LogP) is 2.85. The van der Waals surface area contributed by atoms with Gasteiger partial charge in [-0.1, -0.05) is 12.1 Å². The lowest BCUT2D eigenvalue weighted by atomic mass is 9.88. The molecular formula is C30H40N4O5. The van der Waals surface area contributed by atoms with Gasteiger partial charge in [-0.05, 0) is 66.6 Å². The summed E-state index contributed by atoms with van der Waals surface area (Å²) in [5.41, 5.74) is 3.94. The fourth-order valence-electron chi connectivity index (χ4n) is 6.01. The Bertz CT molecular complexity index is 1170. The minimum atomic E-state index is -0.153. The molecule has 0 aromatic heterocycles. The summed E-state index contributed by atoms with van der Waals surface area (Å²) in [7, 11) is 3.27. The zero-order chi connectivity index (χ0) is 27.2. The summed E-state index contributed by atoms with van der Waals surface area (Å²) < 4.78 is 17.2. The summed E-state index contributed by atoms with van der Waals surface area (Å²) in [5, 5.41) is 5.87. The summed E-state index contributed by atoms with van der Waals surface area (Å²) in [4.78, 5) is 29.1. The Morgan fingerprint density at radius 1 is 1.05 bits per heavy atom. The molecule has 39 heavy (non-hydrogen) atoms. The van der Waals surface area contributed by atoms with E-state index in [9.17, 15) is 9.59 Å². The van der Waals surface area contributed by atoms with Crippen molar-refractivity contribution in [3.05, 3.63) is 53.1 Å². The molecule has 3 aliphatic rings. The van der Waals surface area contributed by atoms with Gasteiger partial charge in [0.25, 0.3) is 0 Å². The number of methoxy groups -OCH3 is 2. The smallest absolute Gasteiger partial charge is 0.317 e. The fraction of sp³-hybridized carbons (Fsp3) is 0.533. The number of ether oxygens (including phenoxy) is 3. The quantitative estimate of drug-likeness (QED) is 0.459. The van der Waals surface area contributed by atoms with Gasteiger partial charge in [-0.25, -0.2) is 4.79 Å². The summed E-state index contributed by atoms with van der Waals surface area (Å²) in [6, 6.07) is 12.4. The van der Waals surface area contributed by atoms with E-state index < -0.39 is 0 Å². The molecule has 0 saturated carbocycles. The van der Waals surface area contributed by atoms with Crippen LogP contribution in [0.3, 0.4) is 0 Å². The number of fused-ring (bicyclic) bond motifs is 1. The molecule has 3 amide bonds. The minimum absolute atomic E-state index is 0.0362. The highest BCUT2D eigenvalue weighted by molar-refractivity contribution is 5.79. The van der Waals surface area contributed by atoms with Crippen molar-refractivity contribution in [3.8, 4) is 17.2 Å². The summed E-state index contributed by atoms with van der Waals surface area (Å²) in [6.07, 6.45) is 4.26. The average Bonchev–Trinajstić information content (AvgIpc) is 3.59. The Balaban J connectivity index is 1.23. The summed E-state index contributed by atoms with van der Waals surface area (Å²) in [5.74, 6) is 2.41. The van der Waals surface area contributed by atoms with Crippen molar-refractivity contribution in [2.24, 2.45) is 11.8 Å². The molecule has 1 aliphatic carbocycles. The number of carbonyl (C=O) groups excluding carboxylic acids is 2. The van der Waals surface area contributed by atoms with Crippen LogP contribution in [0.25, 0.3) is 0 Å². The molecule has 9 heteroatoms. The topological polar surface area (TPSA) is 92.4 Å². The monoisotopic (exact) mass is 536 g/mol. The standard InChI is InChI=1S/C30H40N4O5/c1-37-27-9-6-21(15-28(27)38-2)17-33-18-22(20-39-26-8-7-23-4-3-5-24(23)16-26)14-25(19-33)29(35)31-10-12-34-13-11-32-30(34)36/h6-9,15-16,22,25H,3-5,10-14,17-20H2,1-2H3,(H,31,35)(H,32,36)/t22-,25+/m0/s1. The molecule has 2 heterocycles. The Labute approximate surface area is 230 Å². The van der Waals surface area contributed by atoms with Crippen LogP contribution < -0.4 is 24.8 Å². The van der Waals surface area contributed by atoms with E-state index in [1.165, 1.54) is 17.5 Å². The largest absolute Gasteiger partial charge is 0.493 e. The molecule has 2 atom stereocenters. The number of urea groups is 1. The number of amides is 3. The molecule has 0 radical (unpaired) electrons. The molecule has 5 rings (SSSR count). The number of hydrogen-bond donors (Lipinski definition) is 2. The van der Waals surface area contributed by atoms with E-state index in [4.69, 9.17) is 14.2 Å². The molecule has 2 N–H and O–H groups in total. The van der Waals surface area contributed by atoms with Crippen molar-refractivity contribution in [3.63, 3.8) is 0 Å². The predicted molar refractivity (Wildman–Crippen MR) is 148 cm³/mol. The third kappa shape index (κ3) is 6.76. The van der Waals surface area contributed by atoms with Crippen LogP contribution in [0.4, 0.5) is 4.79 Å². The maximum atomic E-state index is 13.2. The van der Waals surface area contributed by atoms with Gasteiger partial charge in [0.15, 0.2) is 11.5 Å². The van der Waals surface area contributed by atoms with E-state index in [0.29, 0.717) is 57.4 Å². The summed E-state index contributed by atoms with van der Waals surface area (Å²) >= 11 is 0. The van der Waals surface area contributed by atoms with E-state index in [1.807, 2.05) is 18.2 Å². The first-order chi connectivity index (χ1) is 19.0. The number of carbonyl (C=O) groups is 2. The van der Waals surface area contributed by atoms with Gasteiger partial charge in [-0.15, -0.1) is 0 Å². The number of likely N-dealkylation sites (tertiary alicyclic amines) is 1. The SMILES string of the molecule is COc1ccc(CN2C[C@@H](COc3ccc4c(c3)CCC4)C[C@@H](C(=O)NCCN3CCNC3=O)C2)cc1OC. The van der Waals surface area contributed by atoms with E-state index >= 15 is 0 Å². The second kappa shape index (κ2) is 12.6. The maximum Gasteiger partial charge on any atom is 0.317 e. The van der Waals surface area contributed by atoms with E-state index in [2.05, 4.69) is 33.7 Å². The van der Waals surface area contributed by atoms with Gasteiger partial charge in [-0.3, -0.25) is 9.69 Å². The molecule has 2 saturated heterocycles. The number of nitrogens with zero attached hydrogens (tertiary/aromatic N) is 2. The highest BCUT2D eigenvalue weighted by Crippen LogP contribution is 2.31. The lowest BCUT2D eigenvalue weighted by Crippen LogP contribution is -2.48. The number of aryl methyl sites for hydroxylation is 2. The van der Waals surface area contributed by atoms with Crippen molar-refractivity contribution >= 4 is 11.9 Å². The van der Waals surface area contributed by atoms with Crippen LogP contribution in [0.2, 0.25) is 0 Å². The van der Waals surface area contributed by atoms with Gasteiger partial charge in [0.2, 0.25) is 5.91 Å². The van der Waals surface area contributed by atoms with Gasteiger partial charge in [-0.2, -0.15) is 0 Å². The van der Waals surface area contributed by atoms with Crippen molar-refractivity contribution in [2.45, 2.75) is 32.2 Å². The number of benzene rings is 2. The average molecular weight is 537 g/mol. The number of rotatable bonds is 11. The highest BCUT2D eigenvalue weighted by atomic mass is 16.5. The molecule has 210 valence electrons. The van der Waals surface area contributed by atoms with Crippen LogP contribution in [0.5, 0.6) is 17.2 Å². The van der Waals surface area contributed by atoms with Crippen molar-refractivity contribution in [1.82, 2.24) is 20.4 Å². The Hall–Kier alpha value is -3.46. The zero-order valence-corrected chi connectivity index (χ0v) is 23.0. The van der Waals surface area contributed by atoms with Crippen LogP contribution >= 0.6 is 0 Å². The lowest BCUT2D eigenvalue weighted by Gasteiger charge is -2.37. The Kier molecular flexibility index (Phi) is 8.76. The van der Waals surface area contributed by atoms with Crippen molar-refractivity contribution < 1.29 is 23.8 Å². The molecule has 9 nitrogen and oxygen atoms in total. The molecule has 2 aromatic rings. The molecule has 2 aromatic carbocycles. The van der Waals surface area contributed by atoms with Gasteiger partial charge in [0, 0.05) is 51.7 Å². The first kappa shape index (κ1) is 27.1. The number of nitrogens with one attached hydrogen (secondary N) is 2. The van der Waals surface area contributed by atoms with E-state index in [-0.39, 0.29) is 23.8 Å². The Morgan fingerprint density at radius 3 is 2.69 bits per heavy atom. The van der Waals surface area contributed by atoms with Crippen LogP contribution in [0.1, 0.15) is 29.5 Å². The maximum absolute atomic E-state index is 13.2. The van der Waals surface area contributed by atoms with Gasteiger partial charge >= 0.3 is 6.03 Å². The van der Waals surface area contributed by atoms with Crippen molar-refractivity contribution in [2.75, 3.05) is 60.1 Å². The third-order valence-electron chi connectivity index (χ3n) is 8.02. The fourth-order valence-corrected chi connectivity index (χ4v) is 6.01. The molecular weight excluding hydrogens is 496 g/mol. The van der Waals surface area contributed by atoms with Gasteiger partial charge < -0.3 is 29.7 Å². The van der Waals surface area contributed by atoms with E-state index in [0.717, 1.165) is 37.1 Å². The minimum Gasteiger partial charge on any atom is -0.493 e. The first-order valence-electron chi connectivity index (χ1n) is 14.0. The number of hydrogen-bond acceptors (Lipinski definition) is 6. The van der Waals surface area contributed by atoms with Crippen molar-refractivity contribution in [1.29, 1.82) is 0 Å². The second-order valence-corrected chi connectivity index (χ2v) is 10.8. The van der Waals surface area contributed by atoms with E-state index in [1.54, 1.807) is 19.1 Å². The molecule has 0 spiro atoms. The molecule has 0 bridgehead atoms. The Morgan fingerprint density at radius 2 is 1.90 bits per heavy atom. The van der Waals surface area contributed by atoms with Crippen LogP contribution in [0, 0.1) is 11.8 Å². The van der Waals surface area contributed by atoms with Crippen LogP contribution in [-0.2, 0) is 24.2 Å². The molecule has 0 unspecified atom stereocenters. The first-order valence-corrected chi connectivity index (χ1v) is 14.0. The molecule has 2 fully saturated rings. The van der Waals surface area contributed by atoms with Crippen LogP contribution in [-0.4, -0.2) is 81.8 Å².